The lowest BCUT2D eigenvalue weighted by Crippen LogP contribution is -1.96. The number of benzene rings is 3. The van der Waals surface area contributed by atoms with Crippen LogP contribution in [0.15, 0.2) is 54.6 Å². The Hall–Kier alpha value is -3.59. The molecule has 0 amide bonds. The molecule has 0 bridgehead atoms. The standard InChI is InChI=1S/C21H15F2NO3/c1-25-19-8-4-6-15(21(19)23)14-5-3-7-18(16(14)12-24)27-13-9-10-17(22)20(11-13)26-2/h3-11H,1-2H3. The first kappa shape index (κ1) is 18.2. The van der Waals surface area contributed by atoms with Crippen molar-refractivity contribution in [1.82, 2.24) is 0 Å². The van der Waals surface area contributed by atoms with Crippen molar-refractivity contribution >= 4 is 0 Å². The minimum atomic E-state index is -0.572. The maximum Gasteiger partial charge on any atom is 0.172 e. The Morgan fingerprint density at radius 2 is 1.48 bits per heavy atom. The van der Waals surface area contributed by atoms with E-state index in [2.05, 4.69) is 0 Å². The molecule has 6 heteroatoms. The van der Waals surface area contributed by atoms with Crippen LogP contribution in [0.1, 0.15) is 5.56 Å². The summed E-state index contributed by atoms with van der Waals surface area (Å²) in [6.07, 6.45) is 0. The van der Waals surface area contributed by atoms with Crippen molar-refractivity contribution in [3.05, 3.63) is 71.8 Å². The highest BCUT2D eigenvalue weighted by molar-refractivity contribution is 5.75. The summed E-state index contributed by atoms with van der Waals surface area (Å²) < 4.78 is 43.9. The second kappa shape index (κ2) is 7.75. The second-order valence-corrected chi connectivity index (χ2v) is 5.51. The summed E-state index contributed by atoms with van der Waals surface area (Å²) in [5.41, 5.74) is 0.724. The number of hydrogen-bond acceptors (Lipinski definition) is 4. The lowest BCUT2D eigenvalue weighted by atomic mass is 9.98. The molecule has 3 aromatic rings. The average Bonchev–Trinajstić information content (AvgIpc) is 2.69. The molecular weight excluding hydrogens is 352 g/mol. The van der Waals surface area contributed by atoms with Crippen molar-refractivity contribution in [3.8, 4) is 40.2 Å². The number of ether oxygens (including phenoxy) is 3. The zero-order valence-corrected chi connectivity index (χ0v) is 14.6. The Kier molecular flexibility index (Phi) is 5.23. The van der Waals surface area contributed by atoms with E-state index in [9.17, 15) is 14.0 Å². The molecule has 136 valence electrons. The van der Waals surface area contributed by atoms with E-state index in [1.165, 1.54) is 38.5 Å². The Labute approximate surface area is 155 Å². The van der Waals surface area contributed by atoms with E-state index in [1.54, 1.807) is 30.3 Å². The average molecular weight is 367 g/mol. The molecule has 0 heterocycles. The number of halogens is 2. The number of methoxy groups -OCH3 is 2. The van der Waals surface area contributed by atoms with Crippen LogP contribution in [-0.2, 0) is 0 Å². The molecule has 0 atom stereocenters. The van der Waals surface area contributed by atoms with E-state index in [0.717, 1.165) is 0 Å². The molecule has 3 aromatic carbocycles. The fraction of sp³-hybridized carbons (Fsp3) is 0.0952. The van der Waals surface area contributed by atoms with Gasteiger partial charge in [-0.3, -0.25) is 0 Å². The molecule has 0 unspecified atom stereocenters. The van der Waals surface area contributed by atoms with Gasteiger partial charge in [-0.1, -0.05) is 24.3 Å². The third-order valence-corrected chi connectivity index (χ3v) is 3.96. The summed E-state index contributed by atoms with van der Waals surface area (Å²) in [6, 6.07) is 15.6. The van der Waals surface area contributed by atoms with Crippen LogP contribution in [-0.4, -0.2) is 14.2 Å². The number of nitriles is 1. The molecule has 0 aliphatic carbocycles. The summed E-state index contributed by atoms with van der Waals surface area (Å²) in [4.78, 5) is 0. The van der Waals surface area contributed by atoms with Crippen molar-refractivity contribution < 1.29 is 23.0 Å². The van der Waals surface area contributed by atoms with Gasteiger partial charge in [0.25, 0.3) is 0 Å². The quantitative estimate of drug-likeness (QED) is 0.613. The fourth-order valence-electron chi connectivity index (χ4n) is 2.66. The van der Waals surface area contributed by atoms with Gasteiger partial charge in [-0.15, -0.1) is 0 Å². The summed E-state index contributed by atoms with van der Waals surface area (Å²) >= 11 is 0. The van der Waals surface area contributed by atoms with E-state index < -0.39 is 11.6 Å². The summed E-state index contributed by atoms with van der Waals surface area (Å²) in [6.45, 7) is 0. The van der Waals surface area contributed by atoms with Gasteiger partial charge in [0, 0.05) is 17.2 Å². The van der Waals surface area contributed by atoms with Gasteiger partial charge in [-0.2, -0.15) is 5.26 Å². The minimum Gasteiger partial charge on any atom is -0.494 e. The molecule has 0 aromatic heterocycles. The Bertz CT molecular complexity index is 1030. The van der Waals surface area contributed by atoms with Crippen LogP contribution in [0.3, 0.4) is 0 Å². The van der Waals surface area contributed by atoms with Gasteiger partial charge in [-0.05, 0) is 24.3 Å². The summed E-state index contributed by atoms with van der Waals surface area (Å²) in [5, 5.41) is 9.63. The Balaban J connectivity index is 2.07. The zero-order valence-electron chi connectivity index (χ0n) is 14.6. The molecule has 0 saturated carbocycles. The largest absolute Gasteiger partial charge is 0.494 e. The Morgan fingerprint density at radius 1 is 0.815 bits per heavy atom. The zero-order chi connectivity index (χ0) is 19.4. The lowest BCUT2D eigenvalue weighted by molar-refractivity contribution is 0.381. The monoisotopic (exact) mass is 367 g/mol. The van der Waals surface area contributed by atoms with Gasteiger partial charge in [0.15, 0.2) is 23.1 Å². The predicted molar refractivity (Wildman–Crippen MR) is 96.1 cm³/mol. The first-order chi connectivity index (χ1) is 13.1. The third-order valence-electron chi connectivity index (χ3n) is 3.96. The molecule has 0 radical (unpaired) electrons. The maximum absolute atomic E-state index is 14.6. The third kappa shape index (κ3) is 3.53. The second-order valence-electron chi connectivity index (χ2n) is 5.51. The maximum atomic E-state index is 14.6. The molecule has 27 heavy (non-hydrogen) atoms. The molecule has 0 spiro atoms. The summed E-state index contributed by atoms with van der Waals surface area (Å²) in [5.74, 6) is -0.513. The first-order valence-corrected chi connectivity index (χ1v) is 7.96. The Morgan fingerprint density at radius 3 is 2.15 bits per heavy atom. The summed E-state index contributed by atoms with van der Waals surface area (Å²) in [7, 11) is 2.71. The lowest BCUT2D eigenvalue weighted by Gasteiger charge is -2.13. The van der Waals surface area contributed by atoms with Gasteiger partial charge < -0.3 is 14.2 Å². The smallest absolute Gasteiger partial charge is 0.172 e. The van der Waals surface area contributed by atoms with Crippen LogP contribution in [0.4, 0.5) is 8.78 Å². The first-order valence-electron chi connectivity index (χ1n) is 7.96. The van der Waals surface area contributed by atoms with E-state index in [0.29, 0.717) is 5.56 Å². The minimum absolute atomic E-state index is 0.0148. The van der Waals surface area contributed by atoms with Crippen molar-refractivity contribution in [1.29, 1.82) is 5.26 Å². The normalized spacial score (nSPS) is 10.2. The molecule has 0 N–H and O–H groups in total. The van der Waals surface area contributed by atoms with Crippen LogP contribution in [0.5, 0.6) is 23.0 Å². The SMILES string of the molecule is COc1cc(Oc2cccc(-c3cccc(OC)c3F)c2C#N)ccc1F. The van der Waals surface area contributed by atoms with E-state index in [1.807, 2.05) is 6.07 Å². The molecule has 0 fully saturated rings. The molecule has 0 saturated heterocycles. The van der Waals surface area contributed by atoms with Crippen molar-refractivity contribution in [3.63, 3.8) is 0 Å². The molecule has 0 aliphatic heterocycles. The van der Waals surface area contributed by atoms with Crippen LogP contribution in [0, 0.1) is 23.0 Å². The van der Waals surface area contributed by atoms with Crippen molar-refractivity contribution in [2.24, 2.45) is 0 Å². The fourth-order valence-corrected chi connectivity index (χ4v) is 2.66. The van der Waals surface area contributed by atoms with Gasteiger partial charge >= 0.3 is 0 Å². The van der Waals surface area contributed by atoms with Crippen LogP contribution in [0.25, 0.3) is 11.1 Å². The van der Waals surface area contributed by atoms with Crippen molar-refractivity contribution in [2.45, 2.75) is 0 Å². The van der Waals surface area contributed by atoms with Crippen LogP contribution < -0.4 is 14.2 Å². The van der Waals surface area contributed by atoms with E-state index >= 15 is 0 Å². The number of rotatable bonds is 5. The van der Waals surface area contributed by atoms with Crippen LogP contribution >= 0.6 is 0 Å². The molecular formula is C21H15F2NO3. The van der Waals surface area contributed by atoms with Gasteiger partial charge in [0.2, 0.25) is 0 Å². The number of hydrogen-bond donors (Lipinski definition) is 0. The highest BCUT2D eigenvalue weighted by atomic mass is 19.1. The van der Waals surface area contributed by atoms with Gasteiger partial charge in [-0.25, -0.2) is 8.78 Å². The van der Waals surface area contributed by atoms with Gasteiger partial charge in [0.1, 0.15) is 23.1 Å². The molecule has 0 aliphatic rings. The highest BCUT2D eigenvalue weighted by Gasteiger charge is 2.17. The topological polar surface area (TPSA) is 51.5 Å². The van der Waals surface area contributed by atoms with Crippen LogP contribution in [0.2, 0.25) is 0 Å². The molecule has 4 nitrogen and oxygen atoms in total. The predicted octanol–water partition coefficient (Wildman–Crippen LogP) is 5.31. The van der Waals surface area contributed by atoms with E-state index in [-0.39, 0.29) is 34.1 Å². The highest BCUT2D eigenvalue weighted by Crippen LogP contribution is 2.37. The number of nitrogens with zero attached hydrogens (tertiary/aromatic N) is 1. The molecule has 3 rings (SSSR count). The van der Waals surface area contributed by atoms with Crippen molar-refractivity contribution in [2.75, 3.05) is 14.2 Å². The van der Waals surface area contributed by atoms with E-state index in [4.69, 9.17) is 14.2 Å². The van der Waals surface area contributed by atoms with Gasteiger partial charge in [0.05, 0.1) is 14.2 Å².